The van der Waals surface area contributed by atoms with Crippen molar-refractivity contribution in [1.82, 2.24) is 4.57 Å². The lowest BCUT2D eigenvalue weighted by Gasteiger charge is -2.21. The summed E-state index contributed by atoms with van der Waals surface area (Å²) >= 11 is 12.3. The molecule has 0 amide bonds. The predicted molar refractivity (Wildman–Crippen MR) is 356 cm³/mol. The summed E-state index contributed by atoms with van der Waals surface area (Å²) in [6.45, 7) is 3.76. The molecule has 0 saturated heterocycles. The van der Waals surface area contributed by atoms with Crippen molar-refractivity contribution in [2.45, 2.75) is 76.5 Å². The van der Waals surface area contributed by atoms with Crippen LogP contribution in [0.3, 0.4) is 0 Å². The lowest BCUT2D eigenvalue weighted by Crippen LogP contribution is -2.17. The lowest BCUT2D eigenvalue weighted by atomic mass is 10.00. The van der Waals surface area contributed by atoms with Gasteiger partial charge in [0.25, 0.3) is 0 Å². The molecule has 0 unspecified atom stereocenters. The number of aromatic nitrogens is 1. The van der Waals surface area contributed by atoms with Gasteiger partial charge < -0.3 is 18.8 Å². The van der Waals surface area contributed by atoms with E-state index in [9.17, 15) is 28.8 Å². The third kappa shape index (κ3) is 11.0. The molecule has 7 aliphatic rings. The van der Waals surface area contributed by atoms with E-state index < -0.39 is 0 Å². The van der Waals surface area contributed by atoms with Crippen LogP contribution in [0.25, 0.3) is 62.2 Å². The molecule has 17 heteroatoms. The van der Waals surface area contributed by atoms with Gasteiger partial charge in [-0.1, -0.05) is 54.6 Å². The van der Waals surface area contributed by atoms with Crippen molar-refractivity contribution in [3.63, 3.8) is 0 Å². The summed E-state index contributed by atoms with van der Waals surface area (Å²) in [5, 5.41) is 7.74. The Kier molecular flexibility index (Phi) is 16.1. The van der Waals surface area contributed by atoms with Crippen LogP contribution in [0.4, 0.5) is 0 Å². The minimum absolute atomic E-state index is 0.114. The number of carbonyl (C=O) groups excluding carboxylic acids is 6. The third-order valence-corrected chi connectivity index (χ3v) is 23.6. The molecular weight excluding hydrogens is 1210 g/mol. The number of ketones is 6. The summed E-state index contributed by atoms with van der Waals surface area (Å²) in [6, 6.07) is 45.5. The summed E-state index contributed by atoms with van der Waals surface area (Å²) < 4.78 is 23.3. The quantitative estimate of drug-likeness (QED) is 0.154. The van der Waals surface area contributed by atoms with Gasteiger partial charge in [-0.25, -0.2) is 0 Å². The lowest BCUT2D eigenvalue weighted by molar-refractivity contribution is 0.0925. The predicted octanol–water partition coefficient (Wildman–Crippen LogP) is 18.4. The topological polar surface area (TPSA) is 135 Å². The zero-order chi connectivity index (χ0) is 58.6. The Morgan fingerprint density at radius 1 is 0.349 bits per heavy atom. The molecule has 0 bridgehead atoms. The Bertz CT molecular complexity index is 4490. The van der Waals surface area contributed by atoms with Crippen LogP contribution in [-0.4, -0.2) is 81.4 Å². The average molecular weight is 1260 g/mol. The largest absolute Gasteiger partial charge is 0.492 e. The van der Waals surface area contributed by atoms with Crippen LogP contribution in [-0.2, 0) is 6.54 Å². The molecular formula is C69H53NO9S7. The minimum Gasteiger partial charge on any atom is -0.492 e. The number of carbonyl (C=O) groups is 6. The van der Waals surface area contributed by atoms with Crippen LogP contribution < -0.4 is 14.2 Å². The van der Waals surface area contributed by atoms with E-state index in [0.29, 0.717) is 79.3 Å². The summed E-state index contributed by atoms with van der Waals surface area (Å²) in [7, 11) is 0. The summed E-state index contributed by atoms with van der Waals surface area (Å²) in [5.41, 5.74) is 7.32. The van der Waals surface area contributed by atoms with E-state index in [-0.39, 0.29) is 29.9 Å². The Hall–Kier alpha value is -6.83. The summed E-state index contributed by atoms with van der Waals surface area (Å²) in [5.74, 6) is 7.78. The van der Waals surface area contributed by atoms with Crippen LogP contribution in [0.15, 0.2) is 158 Å². The molecule has 3 aromatic heterocycles. The number of hydrogen-bond acceptors (Lipinski definition) is 16. The van der Waals surface area contributed by atoms with Gasteiger partial charge in [-0.15, -0.1) is 81.5 Å². The van der Waals surface area contributed by atoms with Crippen molar-refractivity contribution in [3.8, 4) is 17.2 Å². The van der Waals surface area contributed by atoms with Crippen molar-refractivity contribution < 1.29 is 43.0 Å². The molecule has 8 aromatic carbocycles. The van der Waals surface area contributed by atoms with Crippen LogP contribution >= 0.6 is 81.5 Å². The van der Waals surface area contributed by atoms with Crippen molar-refractivity contribution in [1.29, 1.82) is 0 Å². The first-order valence-corrected chi connectivity index (χ1v) is 35.1. The molecule has 11 aromatic rings. The molecule has 0 N–H and O–H groups in total. The van der Waals surface area contributed by atoms with Gasteiger partial charge in [-0.2, -0.15) is 0 Å². The highest BCUT2D eigenvalue weighted by Crippen LogP contribution is 2.45. The van der Waals surface area contributed by atoms with Gasteiger partial charge in [0.1, 0.15) is 5.75 Å². The molecule has 0 spiro atoms. The van der Waals surface area contributed by atoms with Crippen molar-refractivity contribution in [3.05, 3.63) is 167 Å². The van der Waals surface area contributed by atoms with Crippen molar-refractivity contribution in [2.75, 3.05) is 42.2 Å². The molecule has 10 heterocycles. The monoisotopic (exact) mass is 1260 g/mol. The van der Waals surface area contributed by atoms with E-state index >= 15 is 0 Å². The van der Waals surface area contributed by atoms with Gasteiger partial charge in [-0.3, -0.25) is 28.8 Å². The highest BCUT2D eigenvalue weighted by atomic mass is 32.2. The number of rotatable bonds is 1. The van der Waals surface area contributed by atoms with Crippen LogP contribution in [0.5, 0.6) is 17.2 Å². The maximum atomic E-state index is 12.1. The maximum absolute atomic E-state index is 12.1. The van der Waals surface area contributed by atoms with E-state index in [2.05, 4.69) is 121 Å². The number of ether oxygens (including phenoxy) is 3. The molecule has 7 aliphatic heterocycles. The fourth-order valence-corrected chi connectivity index (χ4v) is 19.2. The highest BCUT2D eigenvalue weighted by molar-refractivity contribution is 8.00. The van der Waals surface area contributed by atoms with Gasteiger partial charge in [0.15, 0.2) is 46.2 Å². The van der Waals surface area contributed by atoms with Gasteiger partial charge >= 0.3 is 0 Å². The number of hydrogen-bond donors (Lipinski definition) is 0. The molecule has 0 saturated carbocycles. The Balaban J connectivity index is 0.0000000954. The average Bonchev–Trinajstić information content (AvgIpc) is 2.07. The van der Waals surface area contributed by atoms with Crippen molar-refractivity contribution in [2.24, 2.45) is 0 Å². The van der Waals surface area contributed by atoms with E-state index in [1.54, 1.807) is 93.6 Å². The number of nitrogens with zero attached hydrogens (tertiary/aromatic N) is 1. The maximum Gasteiger partial charge on any atom is 0.231 e. The van der Waals surface area contributed by atoms with Crippen LogP contribution in [0.2, 0.25) is 0 Å². The van der Waals surface area contributed by atoms with Gasteiger partial charge in [0, 0.05) is 188 Å². The van der Waals surface area contributed by atoms with Gasteiger partial charge in [0.05, 0.1) is 12.2 Å². The summed E-state index contributed by atoms with van der Waals surface area (Å²) in [6.07, 6.45) is 3.64. The molecule has 430 valence electrons. The van der Waals surface area contributed by atoms with Gasteiger partial charge in [0.2, 0.25) is 6.79 Å². The normalized spacial score (nSPS) is 16.3. The smallest absolute Gasteiger partial charge is 0.231 e. The fourth-order valence-electron chi connectivity index (χ4n) is 11.8. The second-order valence-electron chi connectivity index (χ2n) is 21.2. The zero-order valence-electron chi connectivity index (χ0n) is 46.6. The number of thioether (sulfide) groups is 5. The van der Waals surface area contributed by atoms with Crippen LogP contribution in [0.1, 0.15) is 108 Å². The minimum atomic E-state index is 0.114. The van der Waals surface area contributed by atoms with Crippen LogP contribution in [0, 0.1) is 0 Å². The highest BCUT2D eigenvalue weighted by Gasteiger charge is 2.28. The van der Waals surface area contributed by atoms with Gasteiger partial charge in [-0.05, 0) is 85.8 Å². The molecule has 0 radical (unpaired) electrons. The first-order chi connectivity index (χ1) is 42.0. The van der Waals surface area contributed by atoms with E-state index in [4.69, 9.17) is 14.2 Å². The second-order valence-corrected chi connectivity index (χ2v) is 29.0. The molecule has 86 heavy (non-hydrogen) atoms. The van der Waals surface area contributed by atoms with Crippen molar-refractivity contribution >= 4 is 178 Å². The third-order valence-electron chi connectivity index (χ3n) is 16.0. The Morgan fingerprint density at radius 3 is 1.28 bits per heavy atom. The molecule has 0 aliphatic carbocycles. The number of para-hydroxylation sites is 1. The van der Waals surface area contributed by atoms with E-state index in [1.807, 2.05) is 12.1 Å². The second kappa shape index (κ2) is 24.4. The summed E-state index contributed by atoms with van der Waals surface area (Å²) in [4.78, 5) is 76.3. The molecule has 18 rings (SSSR count). The zero-order valence-corrected chi connectivity index (χ0v) is 52.3. The number of Topliss-reactive ketones (excluding diaryl/α,β-unsaturated/α-hetero) is 6. The molecule has 10 nitrogen and oxygen atoms in total. The Morgan fingerprint density at radius 2 is 0.756 bits per heavy atom. The number of benzene rings is 8. The number of fused-ring (bicyclic) bond motifs is 16. The standard InChI is InChI=1S/C17H15NOS.2C15H10OS2.C12H10O3S.C10H8O3S/c1-2-18-14-6-4-3-5-11(14)12-10-17-13(9-15(12)18)16(19)7-8-20-17;2*16-12-5-6-17-14-7-10-9-3-1-2-4-13(9)18-15(10)8-11(12)14;13-9-1-3-15-11-5-8-10(14)2-4-16-12(8)6-7(9)11;11-7-1-2-14-10-4-9-8(3-6(7)10)12-5-13-9/h3-6,9-10H,2,7-8H2,1H3;2*1-4,7-8H,5-6H2;5-6H,1-4H2;3-4H,1-2,5H2. The van der Waals surface area contributed by atoms with E-state index in [1.165, 1.54) is 62.2 Å². The SMILES string of the molecule is CCn1c2ccccc2c2cc3c(cc21)C(=O)CCS3.O=C1CCOc2cc3c(cc21)SCCC3=O.O=C1CCSc2cc3c(cc21)OCO3.O=C1CCSc2cc3c(cc21)sc1ccccc13.O=C1CCSc2cc3c(cc21)sc1ccccc13. The molecule has 0 fully saturated rings. The molecule has 0 atom stereocenters. The first-order valence-electron chi connectivity index (χ1n) is 28.6. The number of aryl methyl sites for hydroxylation is 1. The number of thiophene rings is 2. The first kappa shape index (κ1) is 56.9. The van der Waals surface area contributed by atoms with E-state index in [0.717, 1.165) is 87.8 Å². The Labute approximate surface area is 524 Å². The fraction of sp³-hybridized carbons (Fsp3) is 0.217.